The van der Waals surface area contributed by atoms with Crippen LogP contribution in [0.4, 0.5) is 8.63 Å². The summed E-state index contributed by atoms with van der Waals surface area (Å²) in [5.41, 5.74) is 18.8. The summed E-state index contributed by atoms with van der Waals surface area (Å²) in [5, 5.41) is 29.6. The van der Waals surface area contributed by atoms with E-state index < -0.39 is 18.9 Å². The molecular weight excluding hydrogens is 1350 g/mol. The third-order valence-electron chi connectivity index (χ3n) is 19.7. The number of carbonyl (C=O) groups is 4. The van der Waals surface area contributed by atoms with Gasteiger partial charge in [0.15, 0.2) is 29.0 Å². The molecule has 24 heteroatoms. The molecule has 0 radical (unpaired) electrons. The topological polar surface area (TPSA) is 294 Å². The molecular formula is C83H68BF2N15O6. The van der Waals surface area contributed by atoms with E-state index in [1.165, 1.54) is 23.9 Å². The third kappa shape index (κ3) is 13.2. The summed E-state index contributed by atoms with van der Waals surface area (Å²) < 4.78 is 29.7. The number of aromatic amines is 4. The number of H-pyrrole nitrogens is 4. The minimum atomic E-state index is -3.68. The zero-order valence-corrected chi connectivity index (χ0v) is 58.5. The number of pyridine rings is 1. The second kappa shape index (κ2) is 28.4. The maximum Gasteiger partial charge on any atom is 0.736 e. The summed E-state index contributed by atoms with van der Waals surface area (Å²) in [4.78, 5) is 95.5. The number of aliphatic carboxylic acids is 2. The maximum absolute atomic E-state index is 13.8. The van der Waals surface area contributed by atoms with E-state index in [1.807, 2.05) is 160 Å². The van der Waals surface area contributed by atoms with Gasteiger partial charge in [-0.15, -0.1) is 0 Å². The monoisotopic (exact) mass is 1420 g/mol. The van der Waals surface area contributed by atoms with Crippen LogP contribution in [0, 0.1) is 13.8 Å². The average molecular weight is 1420 g/mol. The molecule has 12 aromatic rings. The second-order valence-electron chi connectivity index (χ2n) is 26.1. The van der Waals surface area contributed by atoms with Crippen molar-refractivity contribution in [1.82, 2.24) is 69.9 Å². The minimum absolute atomic E-state index is 0.0688. The van der Waals surface area contributed by atoms with Crippen molar-refractivity contribution >= 4 is 110 Å². The number of para-hydroxylation sites is 1. The smallest absolute Gasteiger partial charge is 0.481 e. The number of hydrogen-bond acceptors (Lipinski definition) is 11. The summed E-state index contributed by atoms with van der Waals surface area (Å²) in [6.07, 6.45) is 17.3. The van der Waals surface area contributed by atoms with Crippen LogP contribution in [0.2, 0.25) is 0 Å². The van der Waals surface area contributed by atoms with E-state index in [9.17, 15) is 38.0 Å². The highest BCUT2D eigenvalue weighted by molar-refractivity contribution is 6.57. The Morgan fingerprint density at radius 1 is 0.542 bits per heavy atom. The highest BCUT2D eigenvalue weighted by Crippen LogP contribution is 2.39. The maximum atomic E-state index is 13.8. The van der Waals surface area contributed by atoms with Gasteiger partial charge in [-0.05, 0) is 111 Å². The van der Waals surface area contributed by atoms with Crippen molar-refractivity contribution in [2.75, 3.05) is 0 Å². The van der Waals surface area contributed by atoms with Crippen LogP contribution in [0.25, 0.3) is 119 Å². The molecule has 2 amide bonds. The Balaban J connectivity index is 0.000000130. The first-order valence-electron chi connectivity index (χ1n) is 34.6. The van der Waals surface area contributed by atoms with Crippen molar-refractivity contribution in [1.29, 1.82) is 0 Å². The van der Waals surface area contributed by atoms with Crippen molar-refractivity contribution in [3.8, 4) is 45.6 Å². The van der Waals surface area contributed by atoms with Gasteiger partial charge in [-0.1, -0.05) is 147 Å². The minimum Gasteiger partial charge on any atom is -0.481 e. The van der Waals surface area contributed by atoms with Crippen molar-refractivity contribution in [3.05, 3.63) is 286 Å². The molecule has 0 aliphatic carbocycles. The molecule has 8 bridgehead atoms. The molecule has 8 N–H and O–H groups in total. The fraction of sp³-hybridized carbons (Fsp3) is 0.108. The summed E-state index contributed by atoms with van der Waals surface area (Å²) in [6.45, 7) is 11.2. The van der Waals surface area contributed by atoms with E-state index in [2.05, 4.69) is 60.8 Å². The predicted octanol–water partition coefficient (Wildman–Crippen LogP) is 15.4. The number of fused-ring (bicyclic) bond motifs is 23. The molecule has 7 aromatic heterocycles. The van der Waals surface area contributed by atoms with Gasteiger partial charge in [0.25, 0.3) is 11.8 Å². The standard InChI is InChI=1S/C33H36N4O6.C32H18N8.C9H7BF2N2.C9H7N/c1-7-20-19(6)32(42)37-27(20)14-25-18(5)23(10-12-31(40)41)29(35-25)15-28-22(9-11-30(38)39)17(4)24(34-28)13-26-16(3)21(8-2)33(43)36-26;1-2-10-18-17(9-1)25-33-26(18)38-28-21-13-5-6-14-22(21)30(35-28)40-32-24-16-8-7-15-23(24)31(36-32)39-29-20-12-4-3-11-19(20)27(34-29)37-25;11-10(12)13-5-1-3-8(13)7-9-4-2-6-14(9)10;1-2-6-9-8(4-1)5-3-7-10-9/h7-8,13-14,34-35H,1-2,9-12,15H2,3-6H3,(H,36,43)(H,37,42)(H,38,39)(H,40,41);1-16H,(H2,33,34,35,36,37,38,39,40);1-7H;1-7H/b26-13-,27-14-;;;. The lowest BCUT2D eigenvalue weighted by Crippen LogP contribution is -2.48. The molecule has 21 nitrogen and oxygen atoms in total. The fourth-order valence-electron chi connectivity index (χ4n) is 14.1. The Bertz CT molecular complexity index is 5830. The summed E-state index contributed by atoms with van der Waals surface area (Å²) in [5.74, 6) is 0.112. The SMILES string of the molecule is C=CC1=C(C)/C(=C/c2[nH]c(Cc3[nH]c(/C=C4\NC(=O)C(C)=C4C=C)c(C)c3CCC(=O)O)c(CCC(=O)O)c2C)NC1=O.F[B-]1(F)n2cccc2C=C2C=CC=[N+]21.c1ccc2c(c1)-c1nc-2nc2[nH]c(nc3nc(nc4[nH]c(n1)c1ccccc41)-c1ccccc1-3)c1ccccc21.c1ccc2ncccc2c1. The highest BCUT2D eigenvalue weighted by Gasteiger charge is 2.49. The number of hydrogen-bond donors (Lipinski definition) is 8. The van der Waals surface area contributed by atoms with Crippen molar-refractivity contribution in [3.63, 3.8) is 0 Å². The highest BCUT2D eigenvalue weighted by atomic mass is 19.2. The van der Waals surface area contributed by atoms with E-state index in [4.69, 9.17) is 29.9 Å². The van der Waals surface area contributed by atoms with E-state index in [0.717, 1.165) is 109 Å². The van der Waals surface area contributed by atoms with Gasteiger partial charge >= 0.3 is 18.9 Å². The number of allylic oxidation sites excluding steroid dienone is 4. The van der Waals surface area contributed by atoms with Crippen LogP contribution in [0.1, 0.15) is 77.4 Å². The molecule has 107 heavy (non-hydrogen) atoms. The average Bonchev–Trinajstić information content (AvgIpc) is 1.64. The number of amides is 2. The Morgan fingerprint density at radius 3 is 1.48 bits per heavy atom. The van der Waals surface area contributed by atoms with Gasteiger partial charge in [0.1, 0.15) is 28.8 Å². The Hall–Kier alpha value is -13.9. The second-order valence-corrected chi connectivity index (χ2v) is 26.1. The van der Waals surface area contributed by atoms with Crippen LogP contribution in [0.3, 0.4) is 0 Å². The molecule has 6 aliphatic rings. The van der Waals surface area contributed by atoms with E-state index in [0.29, 0.717) is 91.8 Å². The number of rotatable bonds is 12. The lowest BCUT2D eigenvalue weighted by molar-refractivity contribution is -0.355. The normalized spacial score (nSPS) is 15.0. The lowest BCUT2D eigenvalue weighted by atomic mass is 9.92. The Kier molecular flexibility index (Phi) is 18.3. The van der Waals surface area contributed by atoms with E-state index >= 15 is 0 Å². The summed E-state index contributed by atoms with van der Waals surface area (Å²) in [6, 6.07) is 47.6. The number of aromatic nitrogens is 12. The van der Waals surface area contributed by atoms with Crippen molar-refractivity contribution in [2.24, 2.45) is 0 Å². The van der Waals surface area contributed by atoms with Crippen LogP contribution >= 0.6 is 0 Å². The molecule has 0 spiro atoms. The van der Waals surface area contributed by atoms with E-state index in [1.54, 1.807) is 43.4 Å². The Labute approximate surface area is 610 Å². The molecule has 0 unspecified atom stereocenters. The number of halogens is 2. The summed E-state index contributed by atoms with van der Waals surface area (Å²) >= 11 is 0. The zero-order valence-electron chi connectivity index (χ0n) is 58.5. The summed E-state index contributed by atoms with van der Waals surface area (Å²) in [7, 11) is 0. The van der Waals surface area contributed by atoms with Crippen LogP contribution in [-0.4, -0.2) is 111 Å². The van der Waals surface area contributed by atoms with Gasteiger partial charge in [-0.3, -0.25) is 24.2 Å². The molecule has 5 aromatic carbocycles. The predicted molar refractivity (Wildman–Crippen MR) is 413 cm³/mol. The van der Waals surface area contributed by atoms with Crippen LogP contribution < -0.4 is 10.6 Å². The molecule has 0 saturated carbocycles. The van der Waals surface area contributed by atoms with Crippen LogP contribution in [-0.2, 0) is 38.4 Å². The number of carboxylic acids is 2. The largest absolute Gasteiger partial charge is 0.736 e. The number of carbonyl (C=O) groups excluding carboxylic acids is 2. The number of nitrogens with one attached hydrogen (secondary N) is 6. The van der Waals surface area contributed by atoms with Crippen molar-refractivity contribution in [2.45, 2.75) is 59.8 Å². The molecule has 13 heterocycles. The lowest BCUT2D eigenvalue weighted by Gasteiger charge is -2.27. The zero-order chi connectivity index (χ0) is 74.4. The van der Waals surface area contributed by atoms with Crippen LogP contribution in [0.5, 0.6) is 0 Å². The molecule has 0 fully saturated rings. The quantitative estimate of drug-likeness (QED) is 0.0529. The third-order valence-corrected chi connectivity index (χ3v) is 19.7. The molecule has 0 saturated heterocycles. The van der Waals surface area contributed by atoms with Gasteiger partial charge in [-0.25, -0.2) is 29.9 Å². The van der Waals surface area contributed by atoms with Gasteiger partial charge in [0.05, 0.1) is 11.2 Å². The van der Waals surface area contributed by atoms with Gasteiger partial charge in [0, 0.05) is 144 Å². The molecule has 18 rings (SSSR count). The fourth-order valence-corrected chi connectivity index (χ4v) is 14.1. The molecule has 528 valence electrons. The molecule has 6 aliphatic heterocycles. The number of benzene rings is 5. The van der Waals surface area contributed by atoms with E-state index in [-0.39, 0.29) is 37.5 Å². The Morgan fingerprint density at radius 2 is 1.00 bits per heavy atom. The first-order valence-corrected chi connectivity index (χ1v) is 34.6. The number of nitrogens with zero attached hydrogens (tertiary/aromatic N) is 9. The van der Waals surface area contributed by atoms with Gasteiger partial charge in [-0.2, -0.15) is 0 Å². The first kappa shape index (κ1) is 68.9. The van der Waals surface area contributed by atoms with Crippen molar-refractivity contribution < 1.29 is 42.5 Å². The van der Waals surface area contributed by atoms with Gasteiger partial charge in [0.2, 0.25) is 0 Å². The van der Waals surface area contributed by atoms with Gasteiger partial charge < -0.3 is 58.4 Å². The van der Waals surface area contributed by atoms with Crippen LogP contribution in [0.15, 0.2) is 235 Å². The molecule has 0 atom stereocenters. The number of carboxylic acid groups (broad SMARTS) is 2. The first-order chi connectivity index (χ1) is 51.8.